The Morgan fingerprint density at radius 2 is 1.88 bits per heavy atom. The number of hydrogen-bond donors (Lipinski definition) is 1. The van der Waals surface area contributed by atoms with Crippen LogP contribution in [-0.4, -0.2) is 0 Å². The van der Waals surface area contributed by atoms with Gasteiger partial charge in [0.1, 0.15) is 0 Å². The van der Waals surface area contributed by atoms with Gasteiger partial charge in [-0.05, 0) is 36.5 Å². The molecule has 0 aliphatic rings. The van der Waals surface area contributed by atoms with Crippen LogP contribution in [0.2, 0.25) is 0 Å². The van der Waals surface area contributed by atoms with Gasteiger partial charge >= 0.3 is 0 Å². The molecule has 0 aliphatic carbocycles. The first kappa shape index (κ1) is 13.7. The second-order valence-electron chi connectivity index (χ2n) is 4.48. The zero-order chi connectivity index (χ0) is 12.1. The molecule has 0 saturated heterocycles. The van der Waals surface area contributed by atoms with E-state index in [0.29, 0.717) is 0 Å². The lowest BCUT2D eigenvalue weighted by Crippen LogP contribution is -2.16. The fourth-order valence-corrected chi connectivity index (χ4v) is 2.52. The van der Waals surface area contributed by atoms with Gasteiger partial charge in [0.25, 0.3) is 0 Å². The van der Waals surface area contributed by atoms with Gasteiger partial charge in [0.2, 0.25) is 0 Å². The van der Waals surface area contributed by atoms with Crippen LogP contribution in [-0.2, 0) is 0 Å². The maximum atomic E-state index is 6.30. The summed E-state index contributed by atoms with van der Waals surface area (Å²) in [6, 6.07) is 6.46. The lowest BCUT2D eigenvalue weighted by molar-refractivity contribution is 0.414. The van der Waals surface area contributed by atoms with Crippen LogP contribution in [0.1, 0.15) is 50.3 Å². The summed E-state index contributed by atoms with van der Waals surface area (Å²) in [4.78, 5) is 0. The van der Waals surface area contributed by atoms with Gasteiger partial charge in [0.05, 0.1) is 0 Å². The maximum Gasteiger partial charge on any atom is 0.0300 e. The van der Waals surface area contributed by atoms with Crippen molar-refractivity contribution >= 4 is 15.9 Å². The minimum atomic E-state index is 0.169. The summed E-state index contributed by atoms with van der Waals surface area (Å²) < 4.78 is 1.16. The first-order valence-corrected chi connectivity index (χ1v) is 6.90. The molecule has 0 saturated carbocycles. The minimum absolute atomic E-state index is 0.169. The molecule has 90 valence electrons. The number of nitrogens with two attached hydrogens (primary N) is 1. The third-order valence-corrected chi connectivity index (χ3v) is 4.31. The quantitative estimate of drug-likeness (QED) is 0.841. The van der Waals surface area contributed by atoms with E-state index in [1.807, 2.05) is 0 Å². The van der Waals surface area contributed by atoms with Crippen LogP contribution in [0, 0.1) is 12.8 Å². The molecule has 1 aromatic rings. The summed E-state index contributed by atoms with van der Waals surface area (Å²) >= 11 is 3.56. The Morgan fingerprint density at radius 3 is 2.44 bits per heavy atom. The van der Waals surface area contributed by atoms with E-state index in [0.717, 1.165) is 16.8 Å². The average Bonchev–Trinajstić information content (AvgIpc) is 2.29. The molecule has 0 heterocycles. The highest BCUT2D eigenvalue weighted by molar-refractivity contribution is 9.10. The molecule has 0 aliphatic heterocycles. The highest BCUT2D eigenvalue weighted by Gasteiger charge is 2.14. The predicted octanol–water partition coefficient (Wildman–Crippen LogP) is 4.58. The predicted molar refractivity (Wildman–Crippen MR) is 74.5 cm³/mol. The molecule has 1 aromatic carbocycles. The molecule has 1 atom stereocenters. The number of halogens is 1. The zero-order valence-corrected chi connectivity index (χ0v) is 12.0. The Balaban J connectivity index is 2.80. The van der Waals surface area contributed by atoms with Gasteiger partial charge in [0, 0.05) is 10.5 Å². The summed E-state index contributed by atoms with van der Waals surface area (Å²) in [6.07, 6.45) is 3.53. The molecule has 0 fully saturated rings. The molecular weight excluding hydrogens is 262 g/mol. The molecule has 16 heavy (non-hydrogen) atoms. The molecule has 0 amide bonds. The second kappa shape index (κ2) is 6.41. The molecule has 1 unspecified atom stereocenters. The van der Waals surface area contributed by atoms with Crippen LogP contribution in [0.5, 0.6) is 0 Å². The molecule has 0 bridgehead atoms. The summed E-state index contributed by atoms with van der Waals surface area (Å²) in [5, 5.41) is 0. The van der Waals surface area contributed by atoms with Crippen molar-refractivity contribution in [2.75, 3.05) is 0 Å². The second-order valence-corrected chi connectivity index (χ2v) is 5.33. The Bertz CT molecular complexity index is 332. The fraction of sp³-hybridized carbons (Fsp3) is 0.571. The van der Waals surface area contributed by atoms with Crippen LogP contribution in [0.3, 0.4) is 0 Å². The summed E-state index contributed by atoms with van der Waals surface area (Å²) in [7, 11) is 0. The van der Waals surface area contributed by atoms with E-state index in [1.54, 1.807) is 0 Å². The van der Waals surface area contributed by atoms with Crippen LogP contribution >= 0.6 is 15.9 Å². The van der Waals surface area contributed by atoms with Crippen molar-refractivity contribution in [3.63, 3.8) is 0 Å². The Hall–Kier alpha value is -0.340. The minimum Gasteiger partial charge on any atom is -0.324 e. The molecule has 1 nitrogen and oxygen atoms in total. The van der Waals surface area contributed by atoms with Crippen molar-refractivity contribution in [2.24, 2.45) is 11.7 Å². The summed E-state index contributed by atoms with van der Waals surface area (Å²) in [5.74, 6) is 0.744. The maximum absolute atomic E-state index is 6.30. The van der Waals surface area contributed by atoms with Gasteiger partial charge in [-0.15, -0.1) is 0 Å². The summed E-state index contributed by atoms with van der Waals surface area (Å²) in [5.41, 5.74) is 8.85. The zero-order valence-electron chi connectivity index (χ0n) is 10.5. The third kappa shape index (κ3) is 3.33. The number of benzene rings is 1. The van der Waals surface area contributed by atoms with Crippen LogP contribution < -0.4 is 5.73 Å². The molecule has 1 rings (SSSR count). The lowest BCUT2D eigenvalue weighted by Gasteiger charge is -2.20. The topological polar surface area (TPSA) is 26.0 Å². The molecule has 0 radical (unpaired) electrons. The van der Waals surface area contributed by atoms with Crippen molar-refractivity contribution in [3.8, 4) is 0 Å². The van der Waals surface area contributed by atoms with Crippen LogP contribution in [0.25, 0.3) is 0 Å². The van der Waals surface area contributed by atoms with E-state index >= 15 is 0 Å². The smallest absolute Gasteiger partial charge is 0.0300 e. The van der Waals surface area contributed by atoms with Crippen molar-refractivity contribution < 1.29 is 0 Å². The lowest BCUT2D eigenvalue weighted by atomic mass is 9.90. The molecule has 2 heteroatoms. The Labute approximate surface area is 108 Å². The number of hydrogen-bond acceptors (Lipinski definition) is 1. The fourth-order valence-electron chi connectivity index (χ4n) is 2.13. The van der Waals surface area contributed by atoms with Crippen molar-refractivity contribution in [1.29, 1.82) is 0 Å². The first-order chi connectivity index (χ1) is 7.60. The van der Waals surface area contributed by atoms with Crippen LogP contribution in [0.15, 0.2) is 22.7 Å². The number of rotatable bonds is 5. The van der Waals surface area contributed by atoms with E-state index in [-0.39, 0.29) is 6.04 Å². The van der Waals surface area contributed by atoms with Crippen molar-refractivity contribution in [2.45, 2.75) is 46.1 Å². The highest BCUT2D eigenvalue weighted by Crippen LogP contribution is 2.28. The SMILES string of the molecule is CCC(CC)CC(N)c1cccc(Br)c1C. The van der Waals surface area contributed by atoms with Crippen molar-refractivity contribution in [3.05, 3.63) is 33.8 Å². The van der Waals surface area contributed by atoms with Gasteiger partial charge in [-0.25, -0.2) is 0 Å². The monoisotopic (exact) mass is 283 g/mol. The first-order valence-electron chi connectivity index (χ1n) is 6.10. The van der Waals surface area contributed by atoms with Crippen molar-refractivity contribution in [1.82, 2.24) is 0 Å². The standard InChI is InChI=1S/C14H22BrN/c1-4-11(5-2)9-14(16)12-7-6-8-13(15)10(12)3/h6-8,11,14H,4-5,9,16H2,1-3H3. The van der Waals surface area contributed by atoms with Gasteiger partial charge < -0.3 is 5.73 Å². The van der Waals surface area contributed by atoms with Gasteiger partial charge in [-0.1, -0.05) is 54.8 Å². The molecule has 0 spiro atoms. The van der Waals surface area contributed by atoms with E-state index in [1.165, 1.54) is 24.0 Å². The van der Waals surface area contributed by atoms with E-state index < -0.39 is 0 Å². The molecule has 2 N–H and O–H groups in total. The van der Waals surface area contributed by atoms with E-state index in [2.05, 4.69) is 54.9 Å². The largest absolute Gasteiger partial charge is 0.324 e. The third-order valence-electron chi connectivity index (χ3n) is 3.45. The molecule has 0 aromatic heterocycles. The Morgan fingerprint density at radius 1 is 1.25 bits per heavy atom. The highest BCUT2D eigenvalue weighted by atomic mass is 79.9. The average molecular weight is 284 g/mol. The molecular formula is C14H22BrN. The Kier molecular flexibility index (Phi) is 5.50. The van der Waals surface area contributed by atoms with E-state index in [4.69, 9.17) is 5.73 Å². The van der Waals surface area contributed by atoms with Crippen LogP contribution in [0.4, 0.5) is 0 Å². The van der Waals surface area contributed by atoms with E-state index in [9.17, 15) is 0 Å². The van der Waals surface area contributed by atoms with Gasteiger partial charge in [-0.3, -0.25) is 0 Å². The van der Waals surface area contributed by atoms with Gasteiger partial charge in [0.15, 0.2) is 0 Å². The van der Waals surface area contributed by atoms with Gasteiger partial charge in [-0.2, -0.15) is 0 Å². The normalized spacial score (nSPS) is 13.1. The summed E-state index contributed by atoms with van der Waals surface area (Å²) in [6.45, 7) is 6.62.